The Hall–Kier alpha value is -2.10. The van der Waals surface area contributed by atoms with E-state index in [4.69, 9.17) is 0 Å². The highest BCUT2D eigenvalue weighted by Gasteiger charge is 2.39. The molecule has 0 saturated carbocycles. The van der Waals surface area contributed by atoms with Gasteiger partial charge in [-0.2, -0.15) is 13.2 Å². The van der Waals surface area contributed by atoms with E-state index in [1.165, 1.54) is 32.1 Å². The molecule has 0 nitrogen and oxygen atoms in total. The van der Waals surface area contributed by atoms with Gasteiger partial charge in [-0.15, -0.1) is 0 Å². The van der Waals surface area contributed by atoms with Crippen LogP contribution >= 0.6 is 0 Å². The Morgan fingerprint density at radius 1 is 0.960 bits per heavy atom. The van der Waals surface area contributed by atoms with Crippen LogP contribution in [0.25, 0.3) is 6.08 Å². The number of hydrogen-bond donors (Lipinski definition) is 0. The Balaban J connectivity index is 2.43. The molecule has 0 spiro atoms. The summed E-state index contributed by atoms with van der Waals surface area (Å²) in [6, 6.07) is 8.17. The van der Waals surface area contributed by atoms with Crippen molar-refractivity contribution in [1.82, 2.24) is 0 Å². The molecule has 0 fully saturated rings. The molecule has 0 saturated heterocycles. The molecule has 2 aromatic rings. The quantitative estimate of drug-likeness (QED) is 0.540. The van der Waals surface area contributed by atoms with E-state index in [-0.39, 0.29) is 16.7 Å². The van der Waals surface area contributed by atoms with E-state index < -0.39 is 17.9 Å². The summed E-state index contributed by atoms with van der Waals surface area (Å²) < 4.78 is 54.4. The third-order valence-electron chi connectivity index (χ3n) is 4.41. The molecule has 0 N–H and O–H groups in total. The fraction of sp³-hybridized carbons (Fsp3) is 0.333. The van der Waals surface area contributed by atoms with Gasteiger partial charge in [0, 0.05) is 0 Å². The molecule has 0 heterocycles. The monoisotopic (exact) mass is 350 g/mol. The summed E-state index contributed by atoms with van der Waals surface area (Å²) in [5.41, 5.74) is 3.47. The lowest BCUT2D eigenvalue weighted by Crippen LogP contribution is -2.19. The Labute approximate surface area is 146 Å². The van der Waals surface area contributed by atoms with Crippen molar-refractivity contribution in [2.75, 3.05) is 0 Å². The highest BCUT2D eigenvalue weighted by molar-refractivity contribution is 5.54. The Bertz CT molecular complexity index is 762. The molecule has 1 atom stereocenters. The minimum absolute atomic E-state index is 0.0583. The number of aryl methyl sites for hydroxylation is 4. The highest BCUT2D eigenvalue weighted by atomic mass is 19.4. The number of hydrogen-bond acceptors (Lipinski definition) is 0. The van der Waals surface area contributed by atoms with Gasteiger partial charge in [-0.05, 0) is 60.6 Å². The van der Waals surface area contributed by atoms with Crippen LogP contribution in [-0.4, -0.2) is 6.18 Å². The summed E-state index contributed by atoms with van der Waals surface area (Å²) in [5.74, 6) is -2.23. The molecule has 0 radical (unpaired) electrons. The van der Waals surface area contributed by atoms with E-state index >= 15 is 0 Å². The van der Waals surface area contributed by atoms with Crippen molar-refractivity contribution >= 4 is 6.08 Å². The van der Waals surface area contributed by atoms with Crippen molar-refractivity contribution in [2.45, 2.75) is 46.2 Å². The molecule has 0 aliphatic heterocycles. The van der Waals surface area contributed by atoms with Crippen LogP contribution < -0.4 is 0 Å². The van der Waals surface area contributed by atoms with E-state index in [0.717, 1.165) is 29.2 Å². The van der Waals surface area contributed by atoms with E-state index in [1.807, 2.05) is 26.0 Å². The fourth-order valence-corrected chi connectivity index (χ4v) is 2.95. The van der Waals surface area contributed by atoms with E-state index in [0.29, 0.717) is 0 Å². The largest absolute Gasteiger partial charge is 0.399 e. The van der Waals surface area contributed by atoms with Crippen LogP contribution in [0.1, 0.15) is 46.2 Å². The summed E-state index contributed by atoms with van der Waals surface area (Å²) in [5, 5.41) is 0. The second-order valence-electron chi connectivity index (χ2n) is 6.39. The van der Waals surface area contributed by atoms with Gasteiger partial charge < -0.3 is 0 Å². The van der Waals surface area contributed by atoms with Crippen LogP contribution in [0.2, 0.25) is 0 Å². The number of benzene rings is 2. The van der Waals surface area contributed by atoms with E-state index in [2.05, 4.69) is 0 Å². The van der Waals surface area contributed by atoms with Gasteiger partial charge in [0.2, 0.25) is 0 Å². The first-order chi connectivity index (χ1) is 11.6. The zero-order valence-corrected chi connectivity index (χ0v) is 14.8. The maximum absolute atomic E-state index is 13.7. The molecule has 2 aromatic carbocycles. The molecular weight excluding hydrogens is 328 g/mol. The van der Waals surface area contributed by atoms with Crippen LogP contribution in [0.5, 0.6) is 0 Å². The maximum Gasteiger partial charge on any atom is 0.399 e. The van der Waals surface area contributed by atoms with Crippen molar-refractivity contribution in [2.24, 2.45) is 0 Å². The summed E-state index contributed by atoms with van der Waals surface area (Å²) in [6.07, 6.45) is -0.973. The number of halogens is 4. The van der Waals surface area contributed by atoms with Crippen molar-refractivity contribution in [1.29, 1.82) is 0 Å². The molecule has 4 heteroatoms. The minimum Gasteiger partial charge on any atom is -0.206 e. The zero-order valence-electron chi connectivity index (χ0n) is 14.8. The number of allylic oxidation sites excluding steroid dienone is 1. The smallest absolute Gasteiger partial charge is 0.206 e. The van der Waals surface area contributed by atoms with Gasteiger partial charge in [0.05, 0.1) is 5.92 Å². The summed E-state index contributed by atoms with van der Waals surface area (Å²) in [7, 11) is 0. The first kappa shape index (κ1) is 19.2. The van der Waals surface area contributed by atoms with Gasteiger partial charge in [-0.1, -0.05) is 49.4 Å². The minimum atomic E-state index is -4.44. The predicted molar refractivity (Wildman–Crippen MR) is 94.3 cm³/mol. The fourth-order valence-electron chi connectivity index (χ4n) is 2.95. The van der Waals surface area contributed by atoms with Gasteiger partial charge >= 0.3 is 6.18 Å². The second kappa shape index (κ2) is 7.42. The van der Waals surface area contributed by atoms with Crippen molar-refractivity contribution in [3.63, 3.8) is 0 Å². The predicted octanol–water partition coefficient (Wildman–Crippen LogP) is 6.67. The summed E-state index contributed by atoms with van der Waals surface area (Å²) >= 11 is 0. The lowest BCUT2D eigenvalue weighted by molar-refractivity contribution is -0.139. The van der Waals surface area contributed by atoms with Crippen LogP contribution in [0, 0.1) is 26.6 Å². The second-order valence-corrected chi connectivity index (χ2v) is 6.39. The Morgan fingerprint density at radius 3 is 2.08 bits per heavy atom. The maximum atomic E-state index is 13.7. The van der Waals surface area contributed by atoms with E-state index in [1.54, 1.807) is 6.07 Å². The SMILES string of the molecule is CCc1cc(/C=C/C(c2cc(C)c(F)c(C)c2)C(F)(F)F)ccc1C. The molecule has 0 bridgehead atoms. The van der Waals surface area contributed by atoms with Gasteiger partial charge in [0.1, 0.15) is 5.82 Å². The first-order valence-electron chi connectivity index (χ1n) is 8.24. The zero-order chi connectivity index (χ0) is 18.8. The molecule has 0 amide bonds. The van der Waals surface area contributed by atoms with Crippen LogP contribution in [0.15, 0.2) is 36.4 Å². The molecular formula is C21H22F4. The molecule has 25 heavy (non-hydrogen) atoms. The van der Waals surface area contributed by atoms with Crippen LogP contribution in [0.4, 0.5) is 17.6 Å². The third-order valence-corrected chi connectivity index (χ3v) is 4.41. The number of rotatable bonds is 4. The molecule has 0 aliphatic rings. The molecule has 134 valence electrons. The van der Waals surface area contributed by atoms with Gasteiger partial charge in [-0.3, -0.25) is 0 Å². The standard InChI is InChI=1S/C21H22F4/c1-5-17-12-16(7-6-13(17)2)8-9-19(21(23,24)25)18-10-14(3)20(22)15(4)11-18/h6-12,19H,5H2,1-4H3/b9-8+. The first-order valence-corrected chi connectivity index (χ1v) is 8.24. The molecule has 0 aliphatic carbocycles. The lowest BCUT2D eigenvalue weighted by Gasteiger charge is -2.19. The lowest BCUT2D eigenvalue weighted by atomic mass is 9.93. The Kier molecular flexibility index (Phi) is 5.71. The summed E-state index contributed by atoms with van der Waals surface area (Å²) in [6.45, 7) is 6.96. The van der Waals surface area contributed by atoms with Crippen LogP contribution in [-0.2, 0) is 6.42 Å². The average Bonchev–Trinajstić information content (AvgIpc) is 2.52. The summed E-state index contributed by atoms with van der Waals surface area (Å²) in [4.78, 5) is 0. The van der Waals surface area contributed by atoms with Gasteiger partial charge in [-0.25, -0.2) is 4.39 Å². The van der Waals surface area contributed by atoms with Crippen molar-refractivity contribution in [3.05, 3.63) is 75.6 Å². The highest BCUT2D eigenvalue weighted by Crippen LogP contribution is 2.37. The average molecular weight is 350 g/mol. The van der Waals surface area contributed by atoms with Crippen LogP contribution in [0.3, 0.4) is 0 Å². The third kappa shape index (κ3) is 4.50. The van der Waals surface area contributed by atoms with Gasteiger partial charge in [0.15, 0.2) is 0 Å². The number of alkyl halides is 3. The van der Waals surface area contributed by atoms with E-state index in [9.17, 15) is 17.6 Å². The topological polar surface area (TPSA) is 0 Å². The van der Waals surface area contributed by atoms with Crippen molar-refractivity contribution in [3.8, 4) is 0 Å². The normalized spacial score (nSPS) is 13.4. The Morgan fingerprint density at radius 2 is 1.56 bits per heavy atom. The molecule has 2 rings (SSSR count). The molecule has 0 aromatic heterocycles. The van der Waals surface area contributed by atoms with Crippen molar-refractivity contribution < 1.29 is 17.6 Å². The van der Waals surface area contributed by atoms with Gasteiger partial charge in [0.25, 0.3) is 0 Å². The molecule has 1 unspecified atom stereocenters.